The molecule has 3 fully saturated rings. The molecule has 464 valence electrons. The van der Waals surface area contributed by atoms with E-state index in [0.717, 1.165) is 51.4 Å². The molecule has 24 heteroatoms. The van der Waals surface area contributed by atoms with Crippen LogP contribution in [-0.2, 0) is 51.6 Å². The summed E-state index contributed by atoms with van der Waals surface area (Å²) in [6.45, 7) is 0.989. The van der Waals surface area contributed by atoms with Crippen molar-refractivity contribution in [3.8, 4) is 0 Å². The van der Waals surface area contributed by atoms with Gasteiger partial charge in [-0.25, -0.2) is 4.57 Å². The summed E-state index contributed by atoms with van der Waals surface area (Å²) in [6.07, 6.45) is -2.27. The third kappa shape index (κ3) is 26.3. The largest absolute Gasteiger partial charge is 0.472 e. The van der Waals surface area contributed by atoms with Gasteiger partial charge in [0.25, 0.3) is 0 Å². The molecular formula is C55H101O23P. The predicted molar refractivity (Wildman–Crippen MR) is 287 cm³/mol. The minimum absolute atomic E-state index is 0.0492. The Balaban J connectivity index is 1.71. The number of allylic oxidation sites excluding steroid dienone is 2. The number of rotatable bonds is 43. The zero-order chi connectivity index (χ0) is 58.2. The van der Waals surface area contributed by atoms with E-state index in [1.54, 1.807) is 0 Å². The summed E-state index contributed by atoms with van der Waals surface area (Å²) in [4.78, 5) is 37.5. The van der Waals surface area contributed by atoms with Gasteiger partial charge in [-0.05, 0) is 38.5 Å². The van der Waals surface area contributed by atoms with Gasteiger partial charge in [0.2, 0.25) is 0 Å². The first kappa shape index (κ1) is 71.5. The molecule has 0 radical (unpaired) electrons. The van der Waals surface area contributed by atoms with Crippen molar-refractivity contribution in [3.05, 3.63) is 12.2 Å². The van der Waals surface area contributed by atoms with Gasteiger partial charge in [0.1, 0.15) is 92.1 Å². The molecule has 0 spiro atoms. The molecule has 0 aromatic heterocycles. The second kappa shape index (κ2) is 40.5. The average molecular weight is 1160 g/mol. The third-order valence-electron chi connectivity index (χ3n) is 14.8. The van der Waals surface area contributed by atoms with E-state index in [0.29, 0.717) is 19.3 Å². The Kier molecular flexibility index (Phi) is 36.6. The number of hydrogen-bond acceptors (Lipinski definition) is 22. The second-order valence-electron chi connectivity index (χ2n) is 21.5. The number of aliphatic hydroxyl groups excluding tert-OH is 11. The van der Waals surface area contributed by atoms with Gasteiger partial charge in [-0.2, -0.15) is 0 Å². The minimum Gasteiger partial charge on any atom is -0.462 e. The Morgan fingerprint density at radius 3 is 1.25 bits per heavy atom. The Morgan fingerprint density at radius 1 is 0.468 bits per heavy atom. The fourth-order valence-corrected chi connectivity index (χ4v) is 10.8. The number of hydrogen-bond donors (Lipinski definition) is 12. The lowest BCUT2D eigenvalue weighted by Gasteiger charge is -2.49. The van der Waals surface area contributed by atoms with Gasteiger partial charge in [0.15, 0.2) is 18.7 Å². The number of phosphoric acid groups is 1. The van der Waals surface area contributed by atoms with Crippen LogP contribution in [0.3, 0.4) is 0 Å². The van der Waals surface area contributed by atoms with Crippen LogP contribution in [0, 0.1) is 0 Å². The van der Waals surface area contributed by atoms with Crippen LogP contribution in [0.2, 0.25) is 0 Å². The molecule has 79 heavy (non-hydrogen) atoms. The highest BCUT2D eigenvalue weighted by atomic mass is 31.2. The first-order valence-corrected chi connectivity index (χ1v) is 31.0. The maximum Gasteiger partial charge on any atom is 0.472 e. The lowest BCUT2D eigenvalue weighted by Crippen LogP contribution is -2.69. The molecule has 16 atom stereocenters. The number of esters is 2. The Morgan fingerprint density at radius 2 is 0.835 bits per heavy atom. The van der Waals surface area contributed by atoms with Gasteiger partial charge in [-0.3, -0.25) is 18.6 Å². The van der Waals surface area contributed by atoms with Gasteiger partial charge < -0.3 is 89.5 Å². The fraction of sp³-hybridized carbons (Fsp3) is 0.927. The van der Waals surface area contributed by atoms with Crippen LogP contribution in [0.1, 0.15) is 194 Å². The van der Waals surface area contributed by atoms with Crippen molar-refractivity contribution in [2.75, 3.05) is 26.4 Å². The average Bonchev–Trinajstić information content (AvgIpc) is 3.55. The first-order chi connectivity index (χ1) is 37.9. The van der Waals surface area contributed by atoms with Gasteiger partial charge in [-0.15, -0.1) is 0 Å². The topological polar surface area (TPSA) is 368 Å². The number of aliphatic hydroxyl groups is 11. The van der Waals surface area contributed by atoms with Crippen molar-refractivity contribution < 1.29 is 113 Å². The van der Waals surface area contributed by atoms with Crippen LogP contribution in [0.25, 0.3) is 0 Å². The number of ether oxygens (including phenoxy) is 6. The first-order valence-electron chi connectivity index (χ1n) is 29.5. The molecule has 0 aromatic carbocycles. The standard InChI is InChI=1S/C55H101O23P/c1-3-5-7-9-11-13-15-17-18-20-21-23-25-27-29-31-40(58)71-35-37(73-41(59)32-30-28-26-24-22-19-16-14-12-10-8-6-4-2)36-72-79(69,70)78-53-51(76-54-49(67)44(62)42(60)38(33-56)74-54)47(65)46(64)48(66)52(53)77-55-50(68)45(63)43(61)39(34-57)75-55/h19,22,37-39,42-57,60-68H,3-18,20-21,23-36H2,1-2H3,(H,69,70)/b22-19-. The SMILES string of the molecule is CCCCCCCC/C=C\CCCCCC(=O)OC(COC(=O)CCCCCCCCCCCCCCCCC)COP(=O)(O)OC1C(OC2OC(CO)C(O)C(O)C2O)C(O)C(O)C(O)C1OC1OC(CO)C(O)C(O)C1O. The van der Waals surface area contributed by atoms with Crippen LogP contribution in [0.4, 0.5) is 0 Å². The van der Waals surface area contributed by atoms with E-state index >= 15 is 0 Å². The number of phosphoric ester groups is 1. The van der Waals surface area contributed by atoms with E-state index in [1.807, 2.05) is 0 Å². The molecule has 1 aliphatic carbocycles. The van der Waals surface area contributed by atoms with Crippen LogP contribution >= 0.6 is 7.82 Å². The quantitative estimate of drug-likeness (QED) is 0.0178. The summed E-state index contributed by atoms with van der Waals surface area (Å²) in [6, 6.07) is 0. The van der Waals surface area contributed by atoms with Crippen molar-refractivity contribution in [1.29, 1.82) is 0 Å². The van der Waals surface area contributed by atoms with Crippen LogP contribution in [0.5, 0.6) is 0 Å². The molecule has 0 amide bonds. The fourth-order valence-electron chi connectivity index (χ4n) is 9.88. The lowest BCUT2D eigenvalue weighted by molar-refractivity contribution is -0.360. The van der Waals surface area contributed by atoms with Crippen molar-refractivity contribution in [1.82, 2.24) is 0 Å². The third-order valence-corrected chi connectivity index (χ3v) is 15.8. The van der Waals surface area contributed by atoms with Crippen LogP contribution in [0.15, 0.2) is 12.2 Å². The summed E-state index contributed by atoms with van der Waals surface area (Å²) in [5.74, 6) is -1.35. The predicted octanol–water partition coefficient (Wildman–Crippen LogP) is 3.93. The molecule has 2 saturated heterocycles. The monoisotopic (exact) mass is 1160 g/mol. The molecule has 3 aliphatic rings. The Labute approximate surface area is 467 Å². The van der Waals surface area contributed by atoms with Crippen LogP contribution < -0.4 is 0 Å². The highest BCUT2D eigenvalue weighted by Gasteiger charge is 2.58. The molecular weight excluding hydrogens is 1060 g/mol. The van der Waals surface area contributed by atoms with E-state index in [-0.39, 0.29) is 12.8 Å². The molecule has 3 rings (SSSR count). The second-order valence-corrected chi connectivity index (χ2v) is 22.9. The highest BCUT2D eigenvalue weighted by Crippen LogP contribution is 2.49. The minimum atomic E-state index is -5.64. The molecule has 0 bridgehead atoms. The normalized spacial score (nSPS) is 31.5. The van der Waals surface area contributed by atoms with E-state index in [2.05, 4.69) is 26.0 Å². The maximum atomic E-state index is 14.0. The smallest absolute Gasteiger partial charge is 0.462 e. The van der Waals surface area contributed by atoms with Gasteiger partial charge >= 0.3 is 19.8 Å². The molecule has 23 nitrogen and oxygen atoms in total. The summed E-state index contributed by atoms with van der Waals surface area (Å²) < 4.78 is 58.1. The van der Waals surface area contributed by atoms with Gasteiger partial charge in [0.05, 0.1) is 19.8 Å². The van der Waals surface area contributed by atoms with Crippen molar-refractivity contribution in [2.24, 2.45) is 0 Å². The maximum absolute atomic E-state index is 14.0. The summed E-state index contributed by atoms with van der Waals surface area (Å²) >= 11 is 0. The number of unbranched alkanes of at least 4 members (excludes halogenated alkanes) is 23. The molecule has 2 aliphatic heterocycles. The Bertz CT molecular complexity index is 1630. The molecule has 16 unspecified atom stereocenters. The van der Waals surface area contributed by atoms with E-state index in [4.69, 9.17) is 37.5 Å². The van der Waals surface area contributed by atoms with Crippen molar-refractivity contribution in [3.63, 3.8) is 0 Å². The zero-order valence-corrected chi connectivity index (χ0v) is 47.8. The molecule has 12 N–H and O–H groups in total. The van der Waals surface area contributed by atoms with Crippen LogP contribution in [-0.4, -0.2) is 204 Å². The molecule has 0 aromatic rings. The highest BCUT2D eigenvalue weighted by molar-refractivity contribution is 7.47. The summed E-state index contributed by atoms with van der Waals surface area (Å²) in [5, 5.41) is 117. The zero-order valence-electron chi connectivity index (χ0n) is 46.9. The molecule has 2 heterocycles. The van der Waals surface area contributed by atoms with Gasteiger partial charge in [0, 0.05) is 12.8 Å². The summed E-state index contributed by atoms with van der Waals surface area (Å²) in [7, 11) is -5.64. The van der Waals surface area contributed by atoms with Crippen molar-refractivity contribution >= 4 is 19.8 Å². The Hall–Kier alpha value is -1.81. The number of carbonyl (C=O) groups is 2. The number of carbonyl (C=O) groups excluding carboxylic acids is 2. The van der Waals surface area contributed by atoms with Gasteiger partial charge in [-0.1, -0.05) is 154 Å². The van der Waals surface area contributed by atoms with Crippen molar-refractivity contribution in [2.45, 2.75) is 298 Å². The molecule has 1 saturated carbocycles. The summed E-state index contributed by atoms with van der Waals surface area (Å²) in [5.41, 5.74) is 0. The lowest BCUT2D eigenvalue weighted by atomic mass is 9.84. The van der Waals surface area contributed by atoms with E-state index < -0.39 is 150 Å². The van der Waals surface area contributed by atoms with E-state index in [1.165, 1.54) is 96.3 Å². The van der Waals surface area contributed by atoms with E-state index in [9.17, 15) is 75.2 Å².